The topological polar surface area (TPSA) is 80.5 Å². The average molecular weight is 363 g/mol. The number of rotatable bonds is 4. The summed E-state index contributed by atoms with van der Waals surface area (Å²) in [5.41, 5.74) is 1.97. The lowest BCUT2D eigenvalue weighted by molar-refractivity contribution is -0.137. The zero-order valence-electron chi connectivity index (χ0n) is 14.3. The molecule has 3 aromatic rings. The molecule has 136 valence electrons. The van der Waals surface area contributed by atoms with Crippen LogP contribution in [0.25, 0.3) is 5.69 Å². The van der Waals surface area contributed by atoms with Crippen molar-refractivity contribution in [2.24, 2.45) is 0 Å². The van der Waals surface area contributed by atoms with Crippen LogP contribution in [0, 0.1) is 13.8 Å². The van der Waals surface area contributed by atoms with E-state index in [1.807, 2.05) is 13.0 Å². The molecule has 3 aromatic heterocycles. The minimum atomic E-state index is -4.53. The van der Waals surface area contributed by atoms with Crippen LogP contribution < -0.4 is 10.6 Å². The van der Waals surface area contributed by atoms with E-state index in [0.29, 0.717) is 11.4 Å². The molecule has 0 atom stereocenters. The molecule has 0 radical (unpaired) electrons. The molecule has 0 aromatic carbocycles. The number of hydrogen-bond donors (Lipinski definition) is 2. The lowest BCUT2D eigenvalue weighted by Gasteiger charge is -2.12. The Morgan fingerprint density at radius 3 is 2.58 bits per heavy atom. The van der Waals surface area contributed by atoms with Gasteiger partial charge in [-0.05, 0) is 26.0 Å². The number of nitrogens with one attached hydrogen (secondary N) is 2. The van der Waals surface area contributed by atoms with Crippen LogP contribution in [-0.2, 0) is 6.18 Å². The largest absolute Gasteiger partial charge is 0.421 e. The second kappa shape index (κ2) is 6.62. The van der Waals surface area contributed by atoms with Gasteiger partial charge in [0.1, 0.15) is 11.4 Å². The summed E-state index contributed by atoms with van der Waals surface area (Å²) in [5.74, 6) is -0.263. The average Bonchev–Trinajstić information content (AvgIpc) is 2.94. The van der Waals surface area contributed by atoms with Crippen molar-refractivity contribution >= 4 is 17.5 Å². The fourth-order valence-electron chi connectivity index (χ4n) is 2.35. The Bertz CT molecular complexity index is 934. The van der Waals surface area contributed by atoms with Crippen molar-refractivity contribution in [1.82, 2.24) is 24.7 Å². The lowest BCUT2D eigenvalue weighted by Crippen LogP contribution is -2.12. The minimum absolute atomic E-state index is 0.0379. The molecule has 3 rings (SSSR count). The molecule has 10 heteroatoms. The van der Waals surface area contributed by atoms with E-state index in [9.17, 15) is 13.2 Å². The third kappa shape index (κ3) is 3.58. The summed E-state index contributed by atoms with van der Waals surface area (Å²) in [4.78, 5) is 11.8. The second-order valence-electron chi connectivity index (χ2n) is 5.56. The molecular formula is C16H16F3N7. The molecule has 0 unspecified atom stereocenters. The number of alkyl halides is 3. The van der Waals surface area contributed by atoms with Gasteiger partial charge in [-0.15, -0.1) is 0 Å². The summed E-state index contributed by atoms with van der Waals surface area (Å²) in [5, 5.41) is 9.74. The molecule has 0 aliphatic heterocycles. The molecular weight excluding hydrogens is 347 g/mol. The maximum absolute atomic E-state index is 12.9. The Kier molecular flexibility index (Phi) is 4.49. The zero-order chi connectivity index (χ0) is 18.9. The van der Waals surface area contributed by atoms with E-state index in [1.165, 1.54) is 7.05 Å². The molecule has 2 N–H and O–H groups in total. The van der Waals surface area contributed by atoms with Crippen LogP contribution in [-0.4, -0.2) is 31.8 Å². The highest BCUT2D eigenvalue weighted by molar-refractivity contribution is 5.58. The summed E-state index contributed by atoms with van der Waals surface area (Å²) in [6.45, 7) is 3.64. The third-order valence-electron chi connectivity index (χ3n) is 3.62. The van der Waals surface area contributed by atoms with E-state index >= 15 is 0 Å². The number of pyridine rings is 1. The first-order valence-electron chi connectivity index (χ1n) is 7.66. The van der Waals surface area contributed by atoms with Crippen LogP contribution in [0.15, 0.2) is 30.7 Å². The van der Waals surface area contributed by atoms with Gasteiger partial charge in [0.25, 0.3) is 0 Å². The van der Waals surface area contributed by atoms with Gasteiger partial charge in [0.2, 0.25) is 5.95 Å². The van der Waals surface area contributed by atoms with Crippen LogP contribution in [0.4, 0.5) is 30.6 Å². The Morgan fingerprint density at radius 1 is 1.15 bits per heavy atom. The fourth-order valence-corrected chi connectivity index (χ4v) is 2.35. The van der Waals surface area contributed by atoms with E-state index in [-0.39, 0.29) is 11.8 Å². The van der Waals surface area contributed by atoms with Gasteiger partial charge in [-0.3, -0.25) is 4.98 Å². The van der Waals surface area contributed by atoms with Crippen LogP contribution in [0.1, 0.15) is 17.0 Å². The first-order chi connectivity index (χ1) is 12.3. The number of aromatic nitrogens is 5. The molecule has 0 amide bonds. The van der Waals surface area contributed by atoms with Gasteiger partial charge in [-0.25, -0.2) is 9.67 Å². The van der Waals surface area contributed by atoms with Crippen LogP contribution >= 0.6 is 0 Å². The zero-order valence-corrected chi connectivity index (χ0v) is 14.3. The van der Waals surface area contributed by atoms with E-state index < -0.39 is 11.7 Å². The fraction of sp³-hybridized carbons (Fsp3) is 0.250. The molecule has 26 heavy (non-hydrogen) atoms. The highest BCUT2D eigenvalue weighted by Crippen LogP contribution is 2.34. The Labute approximate surface area is 147 Å². The van der Waals surface area contributed by atoms with Gasteiger partial charge in [0, 0.05) is 25.1 Å². The summed E-state index contributed by atoms with van der Waals surface area (Å²) in [7, 11) is 1.37. The van der Waals surface area contributed by atoms with E-state index in [2.05, 4.69) is 30.7 Å². The van der Waals surface area contributed by atoms with Crippen LogP contribution in [0.2, 0.25) is 0 Å². The maximum Gasteiger partial charge on any atom is 0.421 e. The van der Waals surface area contributed by atoms with Crippen molar-refractivity contribution in [1.29, 1.82) is 0 Å². The predicted molar refractivity (Wildman–Crippen MR) is 90.7 cm³/mol. The van der Waals surface area contributed by atoms with E-state index in [1.54, 1.807) is 30.1 Å². The molecule has 0 fully saturated rings. The van der Waals surface area contributed by atoms with Crippen LogP contribution in [0.5, 0.6) is 0 Å². The van der Waals surface area contributed by atoms with Gasteiger partial charge in [-0.2, -0.15) is 23.3 Å². The minimum Gasteiger partial charge on any atom is -0.372 e. The molecule has 0 bridgehead atoms. The molecule has 0 saturated carbocycles. The first-order valence-corrected chi connectivity index (χ1v) is 7.66. The van der Waals surface area contributed by atoms with E-state index in [0.717, 1.165) is 17.6 Å². The highest BCUT2D eigenvalue weighted by atomic mass is 19.4. The normalized spacial score (nSPS) is 11.5. The van der Waals surface area contributed by atoms with E-state index in [4.69, 9.17) is 0 Å². The standard InChI is InChI=1S/C16H16F3N7/c1-9-6-11(4-5-21-9)26-8-13(10(2)25-26)23-15-22-7-12(16(17,18)19)14(20-3)24-15/h4-8H,1-3H3,(H2,20,22,23,24). The molecule has 7 nitrogen and oxygen atoms in total. The van der Waals surface area contributed by atoms with Crippen molar-refractivity contribution in [3.05, 3.63) is 47.7 Å². The third-order valence-corrected chi connectivity index (χ3v) is 3.62. The quantitative estimate of drug-likeness (QED) is 0.739. The van der Waals surface area contributed by atoms with Crippen molar-refractivity contribution in [3.8, 4) is 5.69 Å². The monoisotopic (exact) mass is 363 g/mol. The number of halogens is 3. The molecule has 0 aliphatic rings. The Morgan fingerprint density at radius 2 is 1.92 bits per heavy atom. The van der Waals surface area contributed by atoms with Crippen molar-refractivity contribution < 1.29 is 13.2 Å². The van der Waals surface area contributed by atoms with Gasteiger partial charge in [0.05, 0.1) is 23.3 Å². The molecule has 3 heterocycles. The number of aryl methyl sites for hydroxylation is 2. The summed E-state index contributed by atoms with van der Waals surface area (Å²) in [6.07, 6.45) is -0.402. The smallest absolute Gasteiger partial charge is 0.372 e. The van der Waals surface area contributed by atoms with Crippen molar-refractivity contribution in [2.75, 3.05) is 17.7 Å². The molecule has 0 saturated heterocycles. The van der Waals surface area contributed by atoms with Crippen molar-refractivity contribution in [3.63, 3.8) is 0 Å². The summed E-state index contributed by atoms with van der Waals surface area (Å²) in [6, 6.07) is 3.67. The van der Waals surface area contributed by atoms with Gasteiger partial charge in [0.15, 0.2) is 0 Å². The van der Waals surface area contributed by atoms with Gasteiger partial charge >= 0.3 is 6.18 Å². The summed E-state index contributed by atoms with van der Waals surface area (Å²) >= 11 is 0. The van der Waals surface area contributed by atoms with Crippen molar-refractivity contribution in [2.45, 2.75) is 20.0 Å². The highest BCUT2D eigenvalue weighted by Gasteiger charge is 2.35. The SMILES string of the molecule is CNc1nc(Nc2cn(-c3ccnc(C)c3)nc2C)ncc1C(F)(F)F. The van der Waals surface area contributed by atoms with Gasteiger partial charge < -0.3 is 10.6 Å². The number of nitrogens with zero attached hydrogens (tertiary/aromatic N) is 5. The Balaban J connectivity index is 1.90. The first kappa shape index (κ1) is 17.6. The lowest BCUT2D eigenvalue weighted by atomic mass is 10.3. The molecule has 0 spiro atoms. The Hall–Kier alpha value is -3.17. The number of hydrogen-bond acceptors (Lipinski definition) is 6. The second-order valence-corrected chi connectivity index (χ2v) is 5.56. The molecule has 0 aliphatic carbocycles. The predicted octanol–water partition coefficient (Wildman–Crippen LogP) is 3.48. The summed E-state index contributed by atoms with van der Waals surface area (Å²) < 4.78 is 40.4. The van der Waals surface area contributed by atoms with Crippen LogP contribution in [0.3, 0.4) is 0 Å². The maximum atomic E-state index is 12.9. The number of anilines is 3. The van der Waals surface area contributed by atoms with Gasteiger partial charge in [-0.1, -0.05) is 0 Å².